The number of ketones is 1. The van der Waals surface area contributed by atoms with E-state index in [1.54, 1.807) is 19.1 Å². The number of Topliss-reactive ketones (excluding diaryl/α,β-unsaturated/α-hetero) is 1. The summed E-state index contributed by atoms with van der Waals surface area (Å²) in [4.78, 5) is 34.6. The van der Waals surface area contributed by atoms with Gasteiger partial charge in [0, 0.05) is 17.7 Å². The summed E-state index contributed by atoms with van der Waals surface area (Å²) in [6.45, 7) is 5.90. The van der Waals surface area contributed by atoms with Crippen LogP contribution in [0.25, 0.3) is 11.1 Å². The van der Waals surface area contributed by atoms with E-state index in [1.807, 2.05) is 54.6 Å². The molecule has 3 rings (SSSR count). The molecule has 0 aliphatic rings. The van der Waals surface area contributed by atoms with E-state index in [0.29, 0.717) is 11.1 Å². The summed E-state index contributed by atoms with van der Waals surface area (Å²) in [6, 6.07) is 21.0. The molecule has 3 aromatic carbocycles. The zero-order valence-corrected chi connectivity index (χ0v) is 22.5. The highest BCUT2D eigenvalue weighted by Crippen LogP contribution is 2.32. The number of carboxylic acid groups (broad SMARTS) is 1. The minimum Gasteiger partial charge on any atom is -0.486 e. The van der Waals surface area contributed by atoms with Crippen LogP contribution in [-0.2, 0) is 4.79 Å². The highest BCUT2D eigenvalue weighted by atomic mass is 16.5. The fraction of sp³-hybridized carbons (Fsp3) is 0.344. The van der Waals surface area contributed by atoms with E-state index in [2.05, 4.69) is 19.2 Å². The number of ether oxygens (including phenoxy) is 1. The van der Waals surface area contributed by atoms with Crippen molar-refractivity contribution in [2.45, 2.75) is 65.4 Å². The quantitative estimate of drug-likeness (QED) is 0.176. The van der Waals surface area contributed by atoms with Crippen molar-refractivity contribution in [1.82, 2.24) is 5.32 Å². The van der Waals surface area contributed by atoms with Gasteiger partial charge in [-0.1, -0.05) is 68.7 Å². The maximum atomic E-state index is 12.3. The number of nitrogens with one attached hydrogen (secondary N) is 1. The molecule has 2 N–H and O–H groups in total. The third-order valence-electron chi connectivity index (χ3n) is 6.57. The van der Waals surface area contributed by atoms with Crippen molar-refractivity contribution < 1.29 is 24.2 Å². The largest absolute Gasteiger partial charge is 0.486 e. The van der Waals surface area contributed by atoms with Gasteiger partial charge in [-0.3, -0.25) is 14.4 Å². The Morgan fingerprint density at radius 3 is 2.18 bits per heavy atom. The Kier molecular flexibility index (Phi) is 10.6. The first-order valence-corrected chi connectivity index (χ1v) is 13.3. The average molecular weight is 516 g/mol. The lowest BCUT2D eigenvalue weighted by molar-refractivity contribution is -0.136. The van der Waals surface area contributed by atoms with Gasteiger partial charge in [-0.05, 0) is 73.2 Å². The third-order valence-corrected chi connectivity index (χ3v) is 6.57. The van der Waals surface area contributed by atoms with Crippen LogP contribution in [-0.4, -0.2) is 29.3 Å². The van der Waals surface area contributed by atoms with E-state index < -0.39 is 5.97 Å². The van der Waals surface area contributed by atoms with E-state index in [-0.39, 0.29) is 30.8 Å². The summed E-state index contributed by atoms with van der Waals surface area (Å²) in [5, 5.41) is 11.4. The number of aliphatic carboxylic acids is 1. The van der Waals surface area contributed by atoms with E-state index in [0.717, 1.165) is 53.7 Å². The molecule has 38 heavy (non-hydrogen) atoms. The maximum Gasteiger partial charge on any atom is 0.305 e. The standard InChI is InChI=1S/C32H37NO5/c1-4-5-6-7-8-30(26-13-15-27(16-14-26)32(37)33-20-19-31(35)36)38-28-17-18-29(22(2)21-28)25-11-9-24(10-12-25)23(3)34/h9-18,21,30H,4-8,19-20H2,1-3H3,(H,33,37)(H,35,36). The molecule has 0 fully saturated rings. The van der Waals surface area contributed by atoms with Crippen LogP contribution in [0.15, 0.2) is 66.7 Å². The Morgan fingerprint density at radius 1 is 0.895 bits per heavy atom. The number of hydrogen-bond donors (Lipinski definition) is 2. The topological polar surface area (TPSA) is 92.7 Å². The predicted octanol–water partition coefficient (Wildman–Crippen LogP) is 7.16. The van der Waals surface area contributed by atoms with Gasteiger partial charge in [-0.15, -0.1) is 0 Å². The van der Waals surface area contributed by atoms with Crippen molar-refractivity contribution in [2.24, 2.45) is 0 Å². The molecule has 0 heterocycles. The number of carbonyl (C=O) groups excluding carboxylic acids is 2. The van der Waals surface area contributed by atoms with Crippen molar-refractivity contribution in [3.8, 4) is 16.9 Å². The van der Waals surface area contributed by atoms with Crippen LogP contribution in [0, 0.1) is 6.92 Å². The summed E-state index contributed by atoms with van der Waals surface area (Å²) in [5.41, 5.74) is 5.39. The first-order chi connectivity index (χ1) is 18.3. The Labute approximate surface area is 225 Å². The number of unbranched alkanes of at least 4 members (excludes halogenated alkanes) is 3. The highest BCUT2D eigenvalue weighted by molar-refractivity contribution is 5.95. The SMILES string of the molecule is CCCCCCC(Oc1ccc(-c2ccc(C(C)=O)cc2)c(C)c1)c1ccc(C(=O)NCCC(=O)O)cc1. The number of aryl methyl sites for hydroxylation is 1. The second-order valence-corrected chi connectivity index (χ2v) is 9.59. The van der Waals surface area contributed by atoms with Gasteiger partial charge in [-0.25, -0.2) is 0 Å². The lowest BCUT2D eigenvalue weighted by Crippen LogP contribution is -2.26. The molecule has 0 saturated carbocycles. The zero-order valence-electron chi connectivity index (χ0n) is 22.5. The van der Waals surface area contributed by atoms with Gasteiger partial charge >= 0.3 is 5.97 Å². The second-order valence-electron chi connectivity index (χ2n) is 9.59. The molecule has 0 radical (unpaired) electrons. The molecule has 6 heteroatoms. The number of amides is 1. The number of carbonyl (C=O) groups is 3. The maximum absolute atomic E-state index is 12.3. The number of rotatable bonds is 14. The molecular formula is C32H37NO5. The highest BCUT2D eigenvalue weighted by Gasteiger charge is 2.16. The van der Waals surface area contributed by atoms with Gasteiger partial charge in [0.05, 0.1) is 6.42 Å². The summed E-state index contributed by atoms with van der Waals surface area (Å²) >= 11 is 0. The van der Waals surface area contributed by atoms with Crippen LogP contribution < -0.4 is 10.1 Å². The number of hydrogen-bond acceptors (Lipinski definition) is 4. The molecule has 1 unspecified atom stereocenters. The van der Waals surface area contributed by atoms with Crippen LogP contribution in [0.5, 0.6) is 5.75 Å². The van der Waals surface area contributed by atoms with E-state index in [4.69, 9.17) is 9.84 Å². The van der Waals surface area contributed by atoms with Gasteiger partial charge in [0.1, 0.15) is 11.9 Å². The Balaban J connectivity index is 1.75. The Hall–Kier alpha value is -3.93. The Bertz CT molecular complexity index is 1230. The van der Waals surface area contributed by atoms with Crippen molar-refractivity contribution in [2.75, 3.05) is 6.54 Å². The molecule has 0 bridgehead atoms. The van der Waals surface area contributed by atoms with Crippen LogP contribution >= 0.6 is 0 Å². The van der Waals surface area contributed by atoms with Crippen molar-refractivity contribution in [3.05, 3.63) is 89.0 Å². The molecule has 0 spiro atoms. The van der Waals surface area contributed by atoms with Crippen LogP contribution in [0.2, 0.25) is 0 Å². The summed E-state index contributed by atoms with van der Waals surface area (Å²) in [7, 11) is 0. The molecule has 1 amide bonds. The molecule has 6 nitrogen and oxygen atoms in total. The smallest absolute Gasteiger partial charge is 0.305 e. The number of benzene rings is 3. The predicted molar refractivity (Wildman–Crippen MR) is 150 cm³/mol. The van der Waals surface area contributed by atoms with Gasteiger partial charge in [0.15, 0.2) is 5.78 Å². The minimum atomic E-state index is -0.946. The number of carboxylic acids is 1. The lowest BCUT2D eigenvalue weighted by Gasteiger charge is -2.21. The van der Waals surface area contributed by atoms with E-state index >= 15 is 0 Å². The van der Waals surface area contributed by atoms with Crippen molar-refractivity contribution in [1.29, 1.82) is 0 Å². The first-order valence-electron chi connectivity index (χ1n) is 13.3. The molecule has 0 aliphatic heterocycles. The average Bonchev–Trinajstić information content (AvgIpc) is 2.90. The molecule has 200 valence electrons. The summed E-state index contributed by atoms with van der Waals surface area (Å²) in [5.74, 6) is -0.407. The normalized spacial score (nSPS) is 11.6. The minimum absolute atomic E-state index is 0.0499. The van der Waals surface area contributed by atoms with E-state index in [9.17, 15) is 14.4 Å². The lowest BCUT2D eigenvalue weighted by atomic mass is 9.98. The van der Waals surface area contributed by atoms with Crippen LogP contribution in [0.1, 0.15) is 90.3 Å². The van der Waals surface area contributed by atoms with Crippen molar-refractivity contribution >= 4 is 17.7 Å². The fourth-order valence-electron chi connectivity index (χ4n) is 4.37. The van der Waals surface area contributed by atoms with Gasteiger partial charge in [-0.2, -0.15) is 0 Å². The van der Waals surface area contributed by atoms with Crippen LogP contribution in [0.4, 0.5) is 0 Å². The Morgan fingerprint density at radius 2 is 1.58 bits per heavy atom. The van der Waals surface area contributed by atoms with Crippen molar-refractivity contribution in [3.63, 3.8) is 0 Å². The van der Waals surface area contributed by atoms with Gasteiger partial charge < -0.3 is 15.2 Å². The summed E-state index contributed by atoms with van der Waals surface area (Å²) in [6.07, 6.45) is 5.10. The van der Waals surface area contributed by atoms with E-state index in [1.165, 1.54) is 6.42 Å². The van der Waals surface area contributed by atoms with Gasteiger partial charge in [0.2, 0.25) is 0 Å². The summed E-state index contributed by atoms with van der Waals surface area (Å²) < 4.78 is 6.48. The molecule has 0 saturated heterocycles. The van der Waals surface area contributed by atoms with Crippen LogP contribution in [0.3, 0.4) is 0 Å². The third kappa shape index (κ3) is 8.30. The molecular weight excluding hydrogens is 478 g/mol. The first kappa shape index (κ1) is 28.6. The zero-order chi connectivity index (χ0) is 27.5. The molecule has 0 aliphatic carbocycles. The fourth-order valence-corrected chi connectivity index (χ4v) is 4.37. The molecule has 1 atom stereocenters. The monoisotopic (exact) mass is 515 g/mol. The second kappa shape index (κ2) is 14.1. The molecule has 3 aromatic rings. The van der Waals surface area contributed by atoms with Gasteiger partial charge in [0.25, 0.3) is 5.91 Å². The molecule has 0 aromatic heterocycles.